The number of amides is 1. The molecule has 1 N–H and O–H groups in total. The lowest BCUT2D eigenvalue weighted by Crippen LogP contribution is -2.26. The lowest BCUT2D eigenvalue weighted by molar-refractivity contribution is -0.121. The van der Waals surface area contributed by atoms with Crippen molar-refractivity contribution in [1.29, 1.82) is 0 Å². The van der Waals surface area contributed by atoms with Crippen LogP contribution >= 0.6 is 0 Å². The van der Waals surface area contributed by atoms with E-state index < -0.39 is 0 Å². The van der Waals surface area contributed by atoms with E-state index in [4.69, 9.17) is 4.74 Å². The highest BCUT2D eigenvalue weighted by Crippen LogP contribution is 2.23. The van der Waals surface area contributed by atoms with Crippen LogP contribution in [0.4, 0.5) is 4.39 Å². The van der Waals surface area contributed by atoms with Crippen LogP contribution in [-0.4, -0.2) is 17.6 Å². The molecule has 0 bridgehead atoms. The molecule has 1 aromatic heterocycles. The Morgan fingerprint density at radius 2 is 1.85 bits per heavy atom. The number of nitrogens with one attached hydrogen (secondary N) is 1. The molecule has 0 fully saturated rings. The number of hydrogen-bond donors (Lipinski definition) is 1. The Kier molecular flexibility index (Phi) is 5.69. The summed E-state index contributed by atoms with van der Waals surface area (Å²) in [5.41, 5.74) is 1.75. The number of benzene rings is 2. The normalized spacial score (nSPS) is 11.8. The van der Waals surface area contributed by atoms with Crippen molar-refractivity contribution in [3.8, 4) is 5.75 Å². The van der Waals surface area contributed by atoms with E-state index in [2.05, 4.69) is 5.32 Å². The minimum Gasteiger partial charge on any atom is -0.497 e. The first-order valence-corrected chi connectivity index (χ1v) is 8.43. The van der Waals surface area contributed by atoms with E-state index in [1.54, 1.807) is 13.2 Å². The Balaban J connectivity index is 1.67. The first-order valence-electron chi connectivity index (χ1n) is 8.43. The molecule has 0 aliphatic heterocycles. The highest BCUT2D eigenvalue weighted by atomic mass is 19.1. The van der Waals surface area contributed by atoms with Gasteiger partial charge in [-0.3, -0.25) is 4.79 Å². The summed E-state index contributed by atoms with van der Waals surface area (Å²) in [4.78, 5) is 12.5. The Morgan fingerprint density at radius 1 is 1.12 bits per heavy atom. The average Bonchev–Trinajstić information content (AvgIpc) is 3.19. The molecule has 0 saturated heterocycles. The van der Waals surface area contributed by atoms with Gasteiger partial charge < -0.3 is 14.6 Å². The van der Waals surface area contributed by atoms with Gasteiger partial charge in [-0.1, -0.05) is 24.3 Å². The molecular weight excluding hydrogens is 331 g/mol. The Bertz CT molecular complexity index is 845. The van der Waals surface area contributed by atoms with Gasteiger partial charge in [-0.2, -0.15) is 0 Å². The maximum atomic E-state index is 13.6. The van der Waals surface area contributed by atoms with Crippen LogP contribution in [0.1, 0.15) is 23.6 Å². The van der Waals surface area contributed by atoms with E-state index in [-0.39, 0.29) is 24.2 Å². The van der Waals surface area contributed by atoms with E-state index >= 15 is 0 Å². The third-order valence-electron chi connectivity index (χ3n) is 4.25. The van der Waals surface area contributed by atoms with Crippen molar-refractivity contribution >= 4 is 5.91 Å². The topological polar surface area (TPSA) is 43.3 Å². The lowest BCUT2D eigenvalue weighted by Gasteiger charge is -2.19. The number of aromatic nitrogens is 1. The van der Waals surface area contributed by atoms with Crippen molar-refractivity contribution in [2.75, 3.05) is 7.11 Å². The summed E-state index contributed by atoms with van der Waals surface area (Å²) in [6.45, 7) is 0.435. The number of ether oxygens (including phenoxy) is 1. The molecule has 0 spiro atoms. The SMILES string of the molecule is COc1ccc(CNC(=O)CC(c2cccc(F)c2)n2cccc2)cc1. The van der Waals surface area contributed by atoms with E-state index in [0.717, 1.165) is 16.9 Å². The number of hydrogen-bond acceptors (Lipinski definition) is 2. The quantitative estimate of drug-likeness (QED) is 0.700. The van der Waals surface area contributed by atoms with E-state index in [1.165, 1.54) is 12.1 Å². The highest BCUT2D eigenvalue weighted by molar-refractivity contribution is 5.76. The standard InChI is InChI=1S/C21H21FN2O2/c1-26-19-9-7-16(8-10-19)15-23-21(25)14-20(24-11-2-3-12-24)17-5-4-6-18(22)13-17/h2-13,20H,14-15H2,1H3,(H,23,25). The highest BCUT2D eigenvalue weighted by Gasteiger charge is 2.17. The number of carbonyl (C=O) groups excluding carboxylic acids is 1. The van der Waals surface area contributed by atoms with Crippen LogP contribution in [0.3, 0.4) is 0 Å². The third kappa shape index (κ3) is 4.51. The molecule has 1 atom stereocenters. The van der Waals surface area contributed by atoms with Crippen molar-refractivity contribution in [1.82, 2.24) is 9.88 Å². The van der Waals surface area contributed by atoms with E-state index in [9.17, 15) is 9.18 Å². The van der Waals surface area contributed by atoms with Crippen LogP contribution in [0.2, 0.25) is 0 Å². The second-order valence-electron chi connectivity index (χ2n) is 6.03. The molecule has 0 saturated carbocycles. The second kappa shape index (κ2) is 8.34. The van der Waals surface area contributed by atoms with Gasteiger partial charge in [0.15, 0.2) is 0 Å². The van der Waals surface area contributed by atoms with Crippen LogP contribution in [0, 0.1) is 5.82 Å². The predicted octanol–water partition coefficient (Wildman–Crippen LogP) is 3.93. The fraction of sp³-hybridized carbons (Fsp3) is 0.190. The van der Waals surface area contributed by atoms with Crippen LogP contribution in [-0.2, 0) is 11.3 Å². The van der Waals surface area contributed by atoms with Crippen molar-refractivity contribution in [3.05, 3.63) is 90.0 Å². The largest absolute Gasteiger partial charge is 0.497 e. The van der Waals surface area contributed by atoms with Crippen molar-refractivity contribution in [2.45, 2.75) is 19.0 Å². The van der Waals surface area contributed by atoms with Crippen LogP contribution in [0.25, 0.3) is 0 Å². The average molecular weight is 352 g/mol. The molecule has 26 heavy (non-hydrogen) atoms. The molecule has 0 aliphatic rings. The van der Waals surface area contributed by atoms with Gasteiger partial charge in [0.25, 0.3) is 0 Å². The van der Waals surface area contributed by atoms with Gasteiger partial charge in [-0.05, 0) is 47.5 Å². The van der Waals surface area contributed by atoms with E-state index in [0.29, 0.717) is 6.54 Å². The third-order valence-corrected chi connectivity index (χ3v) is 4.25. The maximum Gasteiger partial charge on any atom is 0.222 e. The number of halogens is 1. The van der Waals surface area contributed by atoms with Crippen molar-refractivity contribution < 1.29 is 13.9 Å². The van der Waals surface area contributed by atoms with Crippen molar-refractivity contribution in [3.63, 3.8) is 0 Å². The minimum atomic E-state index is -0.307. The smallest absolute Gasteiger partial charge is 0.222 e. The summed E-state index contributed by atoms with van der Waals surface area (Å²) in [6, 6.07) is 17.4. The van der Waals surface area contributed by atoms with Crippen LogP contribution < -0.4 is 10.1 Å². The molecular formula is C21H21FN2O2. The number of carbonyl (C=O) groups is 1. The molecule has 1 heterocycles. The molecule has 1 amide bonds. The first-order chi connectivity index (χ1) is 12.7. The monoisotopic (exact) mass is 352 g/mol. The van der Waals surface area contributed by atoms with Gasteiger partial charge >= 0.3 is 0 Å². The van der Waals surface area contributed by atoms with Gasteiger partial charge in [0.1, 0.15) is 11.6 Å². The summed E-state index contributed by atoms with van der Waals surface area (Å²) in [5, 5.41) is 2.93. The minimum absolute atomic E-state index is 0.0937. The molecule has 5 heteroatoms. The van der Waals surface area contributed by atoms with Crippen LogP contribution in [0.15, 0.2) is 73.1 Å². The molecule has 1 unspecified atom stereocenters. The first kappa shape index (κ1) is 17.7. The Morgan fingerprint density at radius 3 is 2.50 bits per heavy atom. The zero-order chi connectivity index (χ0) is 18.4. The molecule has 2 aromatic carbocycles. The molecule has 0 radical (unpaired) electrons. The van der Waals surface area contributed by atoms with Gasteiger partial charge in [0, 0.05) is 18.9 Å². The second-order valence-corrected chi connectivity index (χ2v) is 6.03. The molecule has 3 rings (SSSR count). The molecule has 3 aromatic rings. The maximum absolute atomic E-state index is 13.6. The van der Waals surface area contributed by atoms with Crippen LogP contribution in [0.5, 0.6) is 5.75 Å². The fourth-order valence-electron chi connectivity index (χ4n) is 2.86. The Hall–Kier alpha value is -3.08. The fourth-order valence-corrected chi connectivity index (χ4v) is 2.86. The summed E-state index contributed by atoms with van der Waals surface area (Å²) in [7, 11) is 1.62. The Labute approximate surface area is 152 Å². The zero-order valence-electron chi connectivity index (χ0n) is 14.6. The summed E-state index contributed by atoms with van der Waals surface area (Å²) >= 11 is 0. The van der Waals surface area contributed by atoms with Gasteiger partial charge in [-0.15, -0.1) is 0 Å². The number of methoxy groups -OCH3 is 1. The molecule has 4 nitrogen and oxygen atoms in total. The van der Waals surface area contributed by atoms with Gasteiger partial charge in [-0.25, -0.2) is 4.39 Å². The number of nitrogens with zero attached hydrogens (tertiary/aromatic N) is 1. The van der Waals surface area contributed by atoms with Gasteiger partial charge in [0.2, 0.25) is 5.91 Å². The zero-order valence-corrected chi connectivity index (χ0v) is 14.6. The lowest BCUT2D eigenvalue weighted by atomic mass is 10.0. The van der Waals surface area contributed by atoms with Gasteiger partial charge in [0.05, 0.1) is 19.6 Å². The summed E-state index contributed by atoms with van der Waals surface area (Å²) < 4.78 is 20.7. The van der Waals surface area contributed by atoms with Crippen molar-refractivity contribution in [2.24, 2.45) is 0 Å². The molecule has 0 aliphatic carbocycles. The summed E-state index contributed by atoms with van der Waals surface area (Å²) in [5.74, 6) is 0.376. The summed E-state index contributed by atoms with van der Waals surface area (Å²) in [6.07, 6.45) is 3.99. The number of rotatable bonds is 7. The predicted molar refractivity (Wildman–Crippen MR) is 98.4 cm³/mol. The van der Waals surface area contributed by atoms with E-state index in [1.807, 2.05) is 59.4 Å². The molecule has 134 valence electrons.